The SMILES string of the molecule is CCOC(=O)C(C)Sc1nnc(CNC(=O)c2ccc(OC)cc2)n1-c1ccc(OC)cc1. The molecule has 1 unspecified atom stereocenters. The number of amides is 1. The molecule has 2 aromatic carbocycles. The Kier molecular flexibility index (Phi) is 8.31. The highest BCUT2D eigenvalue weighted by Gasteiger charge is 2.22. The van der Waals surface area contributed by atoms with E-state index in [9.17, 15) is 9.59 Å². The first-order valence-corrected chi connectivity index (χ1v) is 11.2. The van der Waals surface area contributed by atoms with Crippen LogP contribution in [0, 0.1) is 0 Å². The van der Waals surface area contributed by atoms with Gasteiger partial charge in [0.2, 0.25) is 0 Å². The first-order valence-electron chi connectivity index (χ1n) is 10.3. The number of carbonyl (C=O) groups excluding carboxylic acids is 2. The topological polar surface area (TPSA) is 105 Å². The highest BCUT2D eigenvalue weighted by molar-refractivity contribution is 8.00. The summed E-state index contributed by atoms with van der Waals surface area (Å²) in [6, 6.07) is 14.2. The number of rotatable bonds is 10. The lowest BCUT2D eigenvalue weighted by molar-refractivity contribution is -0.142. The molecule has 10 heteroatoms. The summed E-state index contributed by atoms with van der Waals surface area (Å²) in [5.74, 6) is 1.30. The van der Waals surface area contributed by atoms with Crippen LogP contribution in [0.1, 0.15) is 30.0 Å². The van der Waals surface area contributed by atoms with Crippen LogP contribution in [0.15, 0.2) is 53.7 Å². The molecule has 0 aliphatic rings. The zero-order valence-electron chi connectivity index (χ0n) is 18.9. The smallest absolute Gasteiger partial charge is 0.319 e. The van der Waals surface area contributed by atoms with Crippen molar-refractivity contribution in [2.75, 3.05) is 20.8 Å². The molecular formula is C23H26N4O5S. The molecule has 1 N–H and O–H groups in total. The number of benzene rings is 2. The third kappa shape index (κ3) is 6.04. The van der Waals surface area contributed by atoms with Gasteiger partial charge in [-0.25, -0.2) is 0 Å². The number of carbonyl (C=O) groups is 2. The van der Waals surface area contributed by atoms with Crippen LogP contribution in [0.3, 0.4) is 0 Å². The third-order valence-electron chi connectivity index (χ3n) is 4.69. The van der Waals surface area contributed by atoms with E-state index >= 15 is 0 Å². The average Bonchev–Trinajstić information content (AvgIpc) is 3.24. The van der Waals surface area contributed by atoms with Crippen molar-refractivity contribution >= 4 is 23.6 Å². The number of nitrogens with zero attached hydrogens (tertiary/aromatic N) is 3. The Bertz CT molecular complexity index is 1080. The molecular weight excluding hydrogens is 444 g/mol. The van der Waals surface area contributed by atoms with Crippen LogP contribution >= 0.6 is 11.8 Å². The molecule has 1 heterocycles. The minimum Gasteiger partial charge on any atom is -0.497 e. The van der Waals surface area contributed by atoms with E-state index in [1.54, 1.807) is 56.9 Å². The number of nitrogens with one attached hydrogen (secondary N) is 1. The number of ether oxygens (including phenoxy) is 3. The molecule has 0 aliphatic carbocycles. The van der Waals surface area contributed by atoms with Crippen LogP contribution in [0.2, 0.25) is 0 Å². The fourth-order valence-electron chi connectivity index (χ4n) is 2.95. The summed E-state index contributed by atoms with van der Waals surface area (Å²) in [7, 11) is 3.16. The van der Waals surface area contributed by atoms with Gasteiger partial charge in [0.1, 0.15) is 16.7 Å². The maximum absolute atomic E-state index is 12.6. The number of methoxy groups -OCH3 is 2. The Morgan fingerprint density at radius 1 is 1.00 bits per heavy atom. The van der Waals surface area contributed by atoms with Crippen LogP contribution < -0.4 is 14.8 Å². The van der Waals surface area contributed by atoms with E-state index in [4.69, 9.17) is 14.2 Å². The van der Waals surface area contributed by atoms with Crippen molar-refractivity contribution in [1.29, 1.82) is 0 Å². The van der Waals surface area contributed by atoms with Crippen LogP contribution in [-0.2, 0) is 16.1 Å². The Morgan fingerprint density at radius 3 is 2.18 bits per heavy atom. The fraction of sp³-hybridized carbons (Fsp3) is 0.304. The van der Waals surface area contributed by atoms with Crippen LogP contribution in [0.25, 0.3) is 5.69 Å². The molecule has 0 fully saturated rings. The maximum atomic E-state index is 12.6. The van der Waals surface area contributed by atoms with E-state index in [1.807, 2.05) is 24.3 Å². The molecule has 0 aliphatic heterocycles. The second-order valence-electron chi connectivity index (χ2n) is 6.86. The maximum Gasteiger partial charge on any atom is 0.319 e. The monoisotopic (exact) mass is 470 g/mol. The second kappa shape index (κ2) is 11.4. The average molecular weight is 471 g/mol. The zero-order chi connectivity index (χ0) is 23.8. The van der Waals surface area contributed by atoms with Gasteiger partial charge in [-0.1, -0.05) is 11.8 Å². The van der Waals surface area contributed by atoms with E-state index in [0.29, 0.717) is 34.7 Å². The molecule has 0 bridgehead atoms. The molecule has 1 atom stereocenters. The molecule has 174 valence electrons. The van der Waals surface area contributed by atoms with Crippen molar-refractivity contribution in [2.24, 2.45) is 0 Å². The minimum atomic E-state index is -0.479. The van der Waals surface area contributed by atoms with E-state index in [2.05, 4.69) is 15.5 Å². The Labute approximate surface area is 196 Å². The lowest BCUT2D eigenvalue weighted by Gasteiger charge is -2.14. The highest BCUT2D eigenvalue weighted by atomic mass is 32.2. The first-order chi connectivity index (χ1) is 16.0. The molecule has 9 nitrogen and oxygen atoms in total. The van der Waals surface area contributed by atoms with Gasteiger partial charge in [0.05, 0.1) is 27.4 Å². The molecule has 0 saturated carbocycles. The van der Waals surface area contributed by atoms with Crippen molar-refractivity contribution in [3.63, 3.8) is 0 Å². The molecule has 33 heavy (non-hydrogen) atoms. The van der Waals surface area contributed by atoms with Gasteiger partial charge in [-0.3, -0.25) is 14.2 Å². The standard InChI is InChI=1S/C23H26N4O5S/c1-5-32-22(29)15(2)33-23-26-25-20(27(23)17-8-12-19(31-4)13-9-17)14-24-21(28)16-6-10-18(30-3)11-7-16/h6-13,15H,5,14H2,1-4H3,(H,24,28). The lowest BCUT2D eigenvalue weighted by Crippen LogP contribution is -2.24. The Hall–Kier alpha value is -3.53. The predicted octanol–water partition coefficient (Wildman–Crippen LogP) is 3.26. The van der Waals surface area contributed by atoms with Crippen molar-refractivity contribution in [3.05, 3.63) is 59.9 Å². The molecule has 3 aromatic rings. The van der Waals surface area contributed by atoms with Gasteiger partial charge in [-0.15, -0.1) is 10.2 Å². The molecule has 1 amide bonds. The van der Waals surface area contributed by atoms with Crippen LogP contribution in [0.5, 0.6) is 11.5 Å². The van der Waals surface area contributed by atoms with Gasteiger partial charge in [0.25, 0.3) is 5.91 Å². The normalized spacial score (nSPS) is 11.5. The Morgan fingerprint density at radius 2 is 1.61 bits per heavy atom. The quantitative estimate of drug-likeness (QED) is 0.356. The Balaban J connectivity index is 1.84. The summed E-state index contributed by atoms with van der Waals surface area (Å²) in [6.07, 6.45) is 0. The summed E-state index contributed by atoms with van der Waals surface area (Å²) in [4.78, 5) is 24.7. The van der Waals surface area contributed by atoms with Gasteiger partial charge in [0.15, 0.2) is 11.0 Å². The zero-order valence-corrected chi connectivity index (χ0v) is 19.7. The largest absolute Gasteiger partial charge is 0.497 e. The summed E-state index contributed by atoms with van der Waals surface area (Å²) >= 11 is 1.24. The number of thioether (sulfide) groups is 1. The van der Waals surface area contributed by atoms with E-state index in [0.717, 1.165) is 5.69 Å². The van der Waals surface area contributed by atoms with E-state index < -0.39 is 5.25 Å². The fourth-order valence-corrected chi connectivity index (χ4v) is 3.84. The van der Waals surface area contributed by atoms with Crippen LogP contribution in [-0.4, -0.2) is 52.7 Å². The van der Waals surface area contributed by atoms with Gasteiger partial charge in [-0.05, 0) is 62.4 Å². The van der Waals surface area contributed by atoms with Crippen molar-refractivity contribution in [3.8, 4) is 17.2 Å². The van der Waals surface area contributed by atoms with Gasteiger partial charge < -0.3 is 19.5 Å². The molecule has 0 spiro atoms. The second-order valence-corrected chi connectivity index (χ2v) is 8.16. The van der Waals surface area contributed by atoms with E-state index in [-0.39, 0.29) is 18.4 Å². The van der Waals surface area contributed by atoms with Crippen molar-refractivity contribution < 1.29 is 23.8 Å². The van der Waals surface area contributed by atoms with Gasteiger partial charge in [0, 0.05) is 11.3 Å². The molecule has 1 aromatic heterocycles. The molecule has 3 rings (SSSR count). The summed E-state index contributed by atoms with van der Waals surface area (Å²) in [5.41, 5.74) is 1.27. The lowest BCUT2D eigenvalue weighted by atomic mass is 10.2. The van der Waals surface area contributed by atoms with E-state index in [1.165, 1.54) is 11.8 Å². The number of aromatic nitrogens is 3. The number of esters is 1. The van der Waals surface area contributed by atoms with Crippen molar-refractivity contribution in [1.82, 2.24) is 20.1 Å². The summed E-state index contributed by atoms with van der Waals surface area (Å²) in [6.45, 7) is 3.95. The van der Waals surface area contributed by atoms with Gasteiger partial charge in [-0.2, -0.15) is 0 Å². The molecule has 0 saturated heterocycles. The first kappa shape index (κ1) is 24.1. The number of hydrogen-bond acceptors (Lipinski definition) is 8. The third-order valence-corrected chi connectivity index (χ3v) is 5.71. The van der Waals surface area contributed by atoms with Gasteiger partial charge >= 0.3 is 5.97 Å². The van der Waals surface area contributed by atoms with Crippen molar-refractivity contribution in [2.45, 2.75) is 30.8 Å². The molecule has 0 radical (unpaired) electrons. The summed E-state index contributed by atoms with van der Waals surface area (Å²) in [5, 5.41) is 11.4. The predicted molar refractivity (Wildman–Crippen MR) is 124 cm³/mol. The minimum absolute atomic E-state index is 0.137. The summed E-state index contributed by atoms with van der Waals surface area (Å²) < 4.78 is 17.3. The highest BCUT2D eigenvalue weighted by Crippen LogP contribution is 2.27. The number of hydrogen-bond donors (Lipinski definition) is 1. The van der Waals surface area contributed by atoms with Crippen LogP contribution in [0.4, 0.5) is 0 Å².